The molecular weight excluding hydrogens is 327 g/mol. The molecule has 0 radical (unpaired) electrons. The Bertz CT molecular complexity index is 667. The van der Waals surface area contributed by atoms with Crippen molar-refractivity contribution >= 4 is 11.6 Å². The molecule has 4 rings (SSSR count). The first kappa shape index (κ1) is 16.5. The molecule has 2 fully saturated rings. The van der Waals surface area contributed by atoms with Crippen LogP contribution in [0.5, 0.6) is 0 Å². The van der Waals surface area contributed by atoms with E-state index in [9.17, 15) is 9.18 Å². The van der Waals surface area contributed by atoms with Gasteiger partial charge in [0.15, 0.2) is 6.29 Å². The minimum atomic E-state index is -0.617. The van der Waals surface area contributed by atoms with Gasteiger partial charge in [-0.1, -0.05) is 17.3 Å². The lowest BCUT2D eigenvalue weighted by atomic mass is 9.95. The van der Waals surface area contributed by atoms with Gasteiger partial charge in [0.1, 0.15) is 5.82 Å². The lowest BCUT2D eigenvalue weighted by Gasteiger charge is -2.34. The number of likely N-dealkylation sites (tertiary alicyclic amines) is 1. The van der Waals surface area contributed by atoms with Crippen LogP contribution in [-0.4, -0.2) is 55.2 Å². The number of ether oxygens (including phenoxy) is 2. The normalized spacial score (nSPS) is 25.1. The molecule has 25 heavy (non-hydrogen) atoms. The molecule has 0 aromatic heterocycles. The van der Waals surface area contributed by atoms with Gasteiger partial charge < -0.3 is 19.2 Å². The van der Waals surface area contributed by atoms with Crippen molar-refractivity contribution in [1.29, 1.82) is 0 Å². The number of hydrogen-bond acceptors (Lipinski definition) is 5. The summed E-state index contributed by atoms with van der Waals surface area (Å²) in [5, 5.41) is 3.98. The molecule has 0 saturated carbocycles. The van der Waals surface area contributed by atoms with E-state index in [1.54, 1.807) is 12.1 Å². The Kier molecular flexibility index (Phi) is 4.67. The zero-order chi connectivity index (χ0) is 17.2. The van der Waals surface area contributed by atoms with Crippen LogP contribution in [-0.2, 0) is 19.1 Å². The van der Waals surface area contributed by atoms with Crippen molar-refractivity contribution in [3.05, 3.63) is 35.6 Å². The molecule has 0 bridgehead atoms. The van der Waals surface area contributed by atoms with E-state index in [-0.39, 0.29) is 18.0 Å². The Balaban J connectivity index is 1.31. The first-order valence-electron chi connectivity index (χ1n) is 8.71. The zero-order valence-electron chi connectivity index (χ0n) is 13.9. The Morgan fingerprint density at radius 2 is 1.96 bits per heavy atom. The van der Waals surface area contributed by atoms with Crippen LogP contribution < -0.4 is 0 Å². The van der Waals surface area contributed by atoms with E-state index in [0.717, 1.165) is 12.8 Å². The smallest absolute Gasteiger partial charge is 0.266 e. The third-order valence-electron chi connectivity index (χ3n) is 4.99. The number of piperidine rings is 1. The second-order valence-electron chi connectivity index (χ2n) is 6.62. The van der Waals surface area contributed by atoms with Crippen LogP contribution in [0, 0.1) is 11.7 Å². The van der Waals surface area contributed by atoms with Gasteiger partial charge in [-0.2, -0.15) is 0 Å². The maximum Gasteiger partial charge on any atom is 0.266 e. The third kappa shape index (κ3) is 3.52. The summed E-state index contributed by atoms with van der Waals surface area (Å²) in [5.74, 6) is -0.0367. The van der Waals surface area contributed by atoms with Gasteiger partial charge in [-0.3, -0.25) is 4.79 Å². The minimum Gasteiger partial charge on any atom is -0.382 e. The van der Waals surface area contributed by atoms with E-state index in [4.69, 9.17) is 14.3 Å². The standard InChI is InChI=1S/C18H21FN2O4/c19-14-3-1-2-13(10-14)15-11-16(25-20-15)17(22)21-6-4-12(5-7-21)18-23-8-9-24-18/h1-3,10,12,16,18H,4-9,11H2/t16-/m0/s1. The molecule has 0 spiro atoms. The largest absolute Gasteiger partial charge is 0.382 e. The molecule has 0 N–H and O–H groups in total. The molecule has 1 aromatic rings. The fourth-order valence-corrected chi connectivity index (χ4v) is 3.59. The van der Waals surface area contributed by atoms with Gasteiger partial charge in [0.25, 0.3) is 5.91 Å². The summed E-state index contributed by atoms with van der Waals surface area (Å²) in [6.45, 7) is 2.64. The maximum atomic E-state index is 13.3. The molecule has 0 unspecified atom stereocenters. The fourth-order valence-electron chi connectivity index (χ4n) is 3.59. The number of oxime groups is 1. The monoisotopic (exact) mass is 348 g/mol. The second-order valence-corrected chi connectivity index (χ2v) is 6.62. The van der Waals surface area contributed by atoms with Crippen molar-refractivity contribution in [2.75, 3.05) is 26.3 Å². The zero-order valence-corrected chi connectivity index (χ0v) is 13.9. The molecule has 3 heterocycles. The number of rotatable bonds is 3. The van der Waals surface area contributed by atoms with Crippen molar-refractivity contribution in [2.24, 2.45) is 11.1 Å². The average molecular weight is 348 g/mol. The highest BCUT2D eigenvalue weighted by Crippen LogP contribution is 2.27. The van der Waals surface area contributed by atoms with Crippen LogP contribution in [0.25, 0.3) is 0 Å². The van der Waals surface area contributed by atoms with Gasteiger partial charge in [0.05, 0.1) is 18.9 Å². The first-order chi connectivity index (χ1) is 12.2. The van der Waals surface area contributed by atoms with Gasteiger partial charge >= 0.3 is 0 Å². The van der Waals surface area contributed by atoms with E-state index in [1.807, 2.05) is 4.90 Å². The number of carbonyl (C=O) groups is 1. The number of nitrogens with zero attached hydrogens (tertiary/aromatic N) is 2. The van der Waals surface area contributed by atoms with Crippen LogP contribution in [0.2, 0.25) is 0 Å². The van der Waals surface area contributed by atoms with Gasteiger partial charge in [0.2, 0.25) is 6.10 Å². The molecule has 6 nitrogen and oxygen atoms in total. The van der Waals surface area contributed by atoms with E-state index in [0.29, 0.717) is 49.9 Å². The Morgan fingerprint density at radius 1 is 1.20 bits per heavy atom. The van der Waals surface area contributed by atoms with Crippen molar-refractivity contribution in [2.45, 2.75) is 31.7 Å². The van der Waals surface area contributed by atoms with Crippen molar-refractivity contribution in [3.8, 4) is 0 Å². The molecule has 1 aromatic carbocycles. The molecule has 0 aliphatic carbocycles. The van der Waals surface area contributed by atoms with Crippen molar-refractivity contribution in [1.82, 2.24) is 4.90 Å². The quantitative estimate of drug-likeness (QED) is 0.837. The van der Waals surface area contributed by atoms with E-state index < -0.39 is 6.10 Å². The summed E-state index contributed by atoms with van der Waals surface area (Å²) in [7, 11) is 0. The van der Waals surface area contributed by atoms with E-state index in [1.165, 1.54) is 12.1 Å². The van der Waals surface area contributed by atoms with Crippen LogP contribution >= 0.6 is 0 Å². The summed E-state index contributed by atoms with van der Waals surface area (Å²) < 4.78 is 24.5. The number of amides is 1. The predicted octanol–water partition coefficient (Wildman–Crippen LogP) is 1.93. The molecule has 7 heteroatoms. The lowest BCUT2D eigenvalue weighted by Crippen LogP contribution is -2.45. The van der Waals surface area contributed by atoms with E-state index in [2.05, 4.69) is 5.16 Å². The topological polar surface area (TPSA) is 60.4 Å². The fraction of sp³-hybridized carbons (Fsp3) is 0.556. The summed E-state index contributed by atoms with van der Waals surface area (Å²) in [5.41, 5.74) is 1.27. The minimum absolute atomic E-state index is 0.0538. The Labute approximate surface area is 145 Å². The lowest BCUT2D eigenvalue weighted by molar-refractivity contribution is -0.147. The Morgan fingerprint density at radius 3 is 2.68 bits per heavy atom. The molecule has 2 saturated heterocycles. The number of halogens is 1. The maximum absolute atomic E-state index is 13.3. The third-order valence-corrected chi connectivity index (χ3v) is 4.99. The highest BCUT2D eigenvalue weighted by atomic mass is 19.1. The van der Waals surface area contributed by atoms with Crippen LogP contribution in [0.3, 0.4) is 0 Å². The van der Waals surface area contributed by atoms with Gasteiger partial charge in [-0.15, -0.1) is 0 Å². The number of benzene rings is 1. The van der Waals surface area contributed by atoms with Gasteiger partial charge in [-0.05, 0) is 25.0 Å². The van der Waals surface area contributed by atoms with Crippen LogP contribution in [0.4, 0.5) is 4.39 Å². The van der Waals surface area contributed by atoms with E-state index >= 15 is 0 Å². The predicted molar refractivity (Wildman–Crippen MR) is 87.4 cm³/mol. The van der Waals surface area contributed by atoms with Gasteiger partial charge in [0, 0.05) is 31.0 Å². The SMILES string of the molecule is O=C([C@@H]1CC(c2cccc(F)c2)=NO1)N1CCC(C2OCCO2)CC1. The summed E-state index contributed by atoms with van der Waals surface area (Å²) >= 11 is 0. The number of carbonyl (C=O) groups excluding carboxylic acids is 1. The molecule has 1 atom stereocenters. The van der Waals surface area contributed by atoms with Gasteiger partial charge in [-0.25, -0.2) is 4.39 Å². The Hall–Kier alpha value is -1.99. The number of hydrogen-bond donors (Lipinski definition) is 0. The van der Waals surface area contributed by atoms with Crippen LogP contribution in [0.1, 0.15) is 24.8 Å². The summed E-state index contributed by atoms with van der Waals surface area (Å²) in [6, 6.07) is 6.18. The highest BCUT2D eigenvalue weighted by Gasteiger charge is 2.36. The molecule has 3 aliphatic rings. The average Bonchev–Trinajstić information content (AvgIpc) is 3.33. The highest BCUT2D eigenvalue weighted by molar-refractivity contribution is 6.04. The first-order valence-corrected chi connectivity index (χ1v) is 8.71. The molecule has 3 aliphatic heterocycles. The summed E-state index contributed by atoms with van der Waals surface area (Å²) in [6.07, 6.45) is 1.36. The second kappa shape index (κ2) is 7.09. The van der Waals surface area contributed by atoms with Crippen LogP contribution in [0.15, 0.2) is 29.4 Å². The summed E-state index contributed by atoms with van der Waals surface area (Å²) in [4.78, 5) is 19.8. The molecule has 1 amide bonds. The van der Waals surface area contributed by atoms with Crippen molar-refractivity contribution in [3.63, 3.8) is 0 Å². The molecular formula is C18H21FN2O4. The van der Waals surface area contributed by atoms with Crippen molar-refractivity contribution < 1.29 is 23.5 Å². The molecule has 134 valence electrons.